The summed E-state index contributed by atoms with van der Waals surface area (Å²) < 4.78 is 12.9. The Hall–Kier alpha value is -3.44. The first-order valence-electron chi connectivity index (χ1n) is 11.3. The van der Waals surface area contributed by atoms with Crippen LogP contribution < -0.4 is 15.2 Å². The summed E-state index contributed by atoms with van der Waals surface area (Å²) in [5.41, 5.74) is 8.76. The van der Waals surface area contributed by atoms with Gasteiger partial charge in [-0.25, -0.2) is 0 Å². The van der Waals surface area contributed by atoms with Crippen LogP contribution in [0.1, 0.15) is 30.9 Å². The van der Waals surface area contributed by atoms with Crippen LogP contribution in [0.5, 0.6) is 12.0 Å². The highest BCUT2D eigenvalue weighted by Gasteiger charge is 2.19. The number of carboxylic acids is 1. The van der Waals surface area contributed by atoms with Gasteiger partial charge in [0.15, 0.2) is 17.0 Å². The predicted molar refractivity (Wildman–Crippen MR) is 127 cm³/mol. The molecule has 0 atom stereocenters. The molecule has 0 unspecified atom stereocenters. The van der Waals surface area contributed by atoms with E-state index in [9.17, 15) is 9.90 Å². The predicted octanol–water partition coefficient (Wildman–Crippen LogP) is 1.72. The smallest absolute Gasteiger partial charge is 0.320 e. The number of ether oxygens (including phenoxy) is 2. The van der Waals surface area contributed by atoms with E-state index in [4.69, 9.17) is 20.3 Å². The number of aliphatic hydroxyl groups is 1. The normalized spacial score (nSPS) is 11.3. The van der Waals surface area contributed by atoms with Crippen molar-refractivity contribution >= 4 is 23.0 Å². The monoisotopic (exact) mass is 472 g/mol. The highest BCUT2D eigenvalue weighted by molar-refractivity contribution is 5.83. The fourth-order valence-electron chi connectivity index (χ4n) is 3.63. The van der Waals surface area contributed by atoms with Gasteiger partial charge < -0.3 is 25.4 Å². The number of methoxy groups -OCH3 is 1. The van der Waals surface area contributed by atoms with Crippen LogP contribution in [0, 0.1) is 0 Å². The lowest BCUT2D eigenvalue weighted by Gasteiger charge is -2.22. The van der Waals surface area contributed by atoms with Gasteiger partial charge in [0.25, 0.3) is 6.01 Å². The van der Waals surface area contributed by atoms with Crippen LogP contribution in [0.4, 0.5) is 5.82 Å². The largest absolute Gasteiger partial charge is 0.481 e. The van der Waals surface area contributed by atoms with Crippen LogP contribution in [0.25, 0.3) is 11.2 Å². The number of anilines is 1. The minimum atomic E-state index is -0.872. The van der Waals surface area contributed by atoms with Gasteiger partial charge in [-0.05, 0) is 17.5 Å². The van der Waals surface area contributed by atoms with Gasteiger partial charge in [-0.3, -0.25) is 14.3 Å². The molecule has 0 saturated heterocycles. The molecule has 0 amide bonds. The van der Waals surface area contributed by atoms with Crippen molar-refractivity contribution in [1.82, 2.24) is 24.4 Å². The molecule has 11 heteroatoms. The quantitative estimate of drug-likeness (QED) is 0.296. The summed E-state index contributed by atoms with van der Waals surface area (Å²) >= 11 is 0. The number of nitrogens with zero attached hydrogens (tertiary/aromatic N) is 5. The number of carboxylic acid groups (broad SMARTS) is 1. The van der Waals surface area contributed by atoms with Gasteiger partial charge >= 0.3 is 12.0 Å². The van der Waals surface area contributed by atoms with Gasteiger partial charge in [0.05, 0.1) is 26.7 Å². The number of carbonyl (C=O) groups is 1. The van der Waals surface area contributed by atoms with E-state index < -0.39 is 5.97 Å². The molecule has 0 aliphatic carbocycles. The molecular formula is C23H32N6O5. The number of nitrogen functional groups attached to an aromatic ring is 1. The van der Waals surface area contributed by atoms with Crippen LogP contribution in [0.15, 0.2) is 24.3 Å². The second kappa shape index (κ2) is 12.1. The zero-order valence-corrected chi connectivity index (χ0v) is 19.6. The highest BCUT2D eigenvalue weighted by atomic mass is 16.5. The molecule has 1 aromatic carbocycles. The maximum Gasteiger partial charge on any atom is 0.320 e. The van der Waals surface area contributed by atoms with Crippen LogP contribution in [-0.4, -0.2) is 74.0 Å². The number of aliphatic hydroxyl groups excluding tert-OH is 1. The van der Waals surface area contributed by atoms with E-state index in [1.54, 1.807) is 6.07 Å². The van der Waals surface area contributed by atoms with E-state index >= 15 is 0 Å². The number of aromatic nitrogens is 4. The first-order valence-corrected chi connectivity index (χ1v) is 11.3. The summed E-state index contributed by atoms with van der Waals surface area (Å²) in [7, 11) is 1.53. The van der Waals surface area contributed by atoms with E-state index in [0.29, 0.717) is 50.0 Å². The Morgan fingerprint density at radius 1 is 1.21 bits per heavy atom. The van der Waals surface area contributed by atoms with Gasteiger partial charge in [0, 0.05) is 26.2 Å². The zero-order valence-electron chi connectivity index (χ0n) is 19.6. The number of nitrogens with two attached hydrogens (primary N) is 1. The molecule has 11 nitrogen and oxygen atoms in total. The lowest BCUT2D eigenvalue weighted by atomic mass is 10.1. The number of rotatable bonds is 14. The van der Waals surface area contributed by atoms with Crippen molar-refractivity contribution in [2.75, 3.05) is 39.1 Å². The van der Waals surface area contributed by atoms with E-state index in [-0.39, 0.29) is 24.9 Å². The Morgan fingerprint density at radius 2 is 2.00 bits per heavy atom. The fourth-order valence-corrected chi connectivity index (χ4v) is 3.63. The maximum atomic E-state index is 11.0. The summed E-state index contributed by atoms with van der Waals surface area (Å²) in [6.07, 6.45) is 1.84. The van der Waals surface area contributed by atoms with Gasteiger partial charge in [-0.1, -0.05) is 37.6 Å². The van der Waals surface area contributed by atoms with Crippen molar-refractivity contribution in [1.29, 1.82) is 0 Å². The fraction of sp³-hybridized carbons (Fsp3) is 0.478. The number of benzene rings is 1. The standard InChI is InChI=1S/C23H32N6O5/c1-3-4-12-34-22-26-20(24)19-21(27-22)29(23(25-19)33-2)9-8-28(10-11-30)15-17-7-5-6-16(13-17)14-18(31)32/h5-7,13,30H,3-4,8-12,14-15H2,1-2H3,(H,31,32)(H2,24,26,27). The molecule has 0 radical (unpaired) electrons. The molecule has 2 heterocycles. The third-order valence-corrected chi connectivity index (χ3v) is 5.29. The van der Waals surface area contributed by atoms with Crippen molar-refractivity contribution in [2.24, 2.45) is 0 Å². The third-order valence-electron chi connectivity index (χ3n) is 5.29. The summed E-state index contributed by atoms with van der Waals surface area (Å²) in [5, 5.41) is 18.6. The summed E-state index contributed by atoms with van der Waals surface area (Å²) in [4.78, 5) is 26.2. The van der Waals surface area contributed by atoms with Gasteiger partial charge in [0.2, 0.25) is 0 Å². The van der Waals surface area contributed by atoms with Crippen molar-refractivity contribution in [3.63, 3.8) is 0 Å². The number of unbranched alkanes of at least 4 members (excludes halogenated alkanes) is 1. The van der Waals surface area contributed by atoms with E-state index in [2.05, 4.69) is 26.8 Å². The van der Waals surface area contributed by atoms with Crippen molar-refractivity contribution in [3.8, 4) is 12.0 Å². The summed E-state index contributed by atoms with van der Waals surface area (Å²) in [6.45, 7) is 4.58. The molecule has 0 aliphatic heterocycles. The lowest BCUT2D eigenvalue weighted by Crippen LogP contribution is -2.30. The first-order chi connectivity index (χ1) is 16.4. The SMILES string of the molecule is CCCCOc1nc(N)c2nc(OC)n(CCN(CCO)Cc3cccc(CC(=O)O)c3)c2n1. The Kier molecular flexibility index (Phi) is 9.00. The topological polar surface area (TPSA) is 149 Å². The van der Waals surface area contributed by atoms with Gasteiger partial charge in [-0.2, -0.15) is 15.0 Å². The van der Waals surface area contributed by atoms with E-state index in [1.807, 2.05) is 22.8 Å². The second-order valence-corrected chi connectivity index (χ2v) is 7.91. The van der Waals surface area contributed by atoms with Crippen LogP contribution >= 0.6 is 0 Å². The third kappa shape index (κ3) is 6.55. The number of aliphatic carboxylic acids is 1. The summed E-state index contributed by atoms with van der Waals surface area (Å²) in [6, 6.07) is 8.01. The molecule has 0 fully saturated rings. The molecule has 0 aliphatic rings. The van der Waals surface area contributed by atoms with E-state index in [0.717, 1.165) is 24.0 Å². The van der Waals surface area contributed by atoms with Crippen LogP contribution in [-0.2, 0) is 24.3 Å². The summed E-state index contributed by atoms with van der Waals surface area (Å²) in [5.74, 6) is -0.654. The van der Waals surface area contributed by atoms with Crippen molar-refractivity contribution in [2.45, 2.75) is 39.3 Å². The molecule has 0 spiro atoms. The average molecular weight is 473 g/mol. The van der Waals surface area contributed by atoms with Crippen molar-refractivity contribution in [3.05, 3.63) is 35.4 Å². The highest BCUT2D eigenvalue weighted by Crippen LogP contribution is 2.25. The molecule has 4 N–H and O–H groups in total. The molecule has 2 aromatic heterocycles. The lowest BCUT2D eigenvalue weighted by molar-refractivity contribution is -0.136. The van der Waals surface area contributed by atoms with Crippen LogP contribution in [0.2, 0.25) is 0 Å². The average Bonchev–Trinajstić information content (AvgIpc) is 3.16. The molecule has 3 rings (SSSR count). The molecule has 34 heavy (non-hydrogen) atoms. The Labute approximate surface area is 198 Å². The number of hydrogen-bond donors (Lipinski definition) is 3. The minimum absolute atomic E-state index is 0.0127. The first kappa shape index (κ1) is 25.2. The minimum Gasteiger partial charge on any atom is -0.481 e. The van der Waals surface area contributed by atoms with Gasteiger partial charge in [-0.15, -0.1) is 0 Å². The number of hydrogen-bond acceptors (Lipinski definition) is 9. The Morgan fingerprint density at radius 3 is 2.71 bits per heavy atom. The molecule has 184 valence electrons. The molecule has 0 bridgehead atoms. The molecule has 3 aromatic rings. The van der Waals surface area contributed by atoms with Crippen LogP contribution in [0.3, 0.4) is 0 Å². The Balaban J connectivity index is 1.80. The maximum absolute atomic E-state index is 11.0. The van der Waals surface area contributed by atoms with E-state index in [1.165, 1.54) is 7.11 Å². The Bertz CT molecular complexity index is 1100. The number of imidazole rings is 1. The second-order valence-electron chi connectivity index (χ2n) is 7.91. The zero-order chi connectivity index (χ0) is 24.5. The number of fused-ring (bicyclic) bond motifs is 1. The van der Waals surface area contributed by atoms with Crippen molar-refractivity contribution < 1.29 is 24.5 Å². The molecular weight excluding hydrogens is 440 g/mol. The molecule has 0 saturated carbocycles. The van der Waals surface area contributed by atoms with Gasteiger partial charge in [0.1, 0.15) is 0 Å².